The summed E-state index contributed by atoms with van der Waals surface area (Å²) in [6.07, 6.45) is 0. The van der Waals surface area contributed by atoms with Gasteiger partial charge in [-0.3, -0.25) is 4.55 Å². The number of aromatic hydroxyl groups is 1. The van der Waals surface area contributed by atoms with Crippen molar-refractivity contribution in [3.8, 4) is 5.75 Å². The first-order valence-corrected chi connectivity index (χ1v) is 12.3. The zero-order valence-corrected chi connectivity index (χ0v) is 18.8. The Labute approximate surface area is 185 Å². The lowest BCUT2D eigenvalue weighted by molar-refractivity contribution is 0.284. The van der Waals surface area contributed by atoms with Crippen molar-refractivity contribution in [1.29, 1.82) is 0 Å². The van der Waals surface area contributed by atoms with Crippen LogP contribution >= 0.6 is 0 Å². The maximum Gasteiger partial charge on any atom is 0.397 e. The standard InChI is InChI=1S/C20H21N3O7S2/c1-12-10-17-16(20(24)13(12)2)6-7-18(21)19(17)23-22-14-4-3-5-15(11-14)31(25,26)9-8-30-32(27,28)29/h3-7,10-11,24H,8-9,21H2,1-2H3,(H,27,28,29). The minimum absolute atomic E-state index is 0.122. The highest BCUT2D eigenvalue weighted by Crippen LogP contribution is 2.40. The van der Waals surface area contributed by atoms with Crippen LogP contribution in [0.3, 0.4) is 0 Å². The molecule has 0 fully saturated rings. The molecule has 0 unspecified atom stereocenters. The van der Waals surface area contributed by atoms with Crippen LogP contribution < -0.4 is 5.73 Å². The van der Waals surface area contributed by atoms with Crippen LogP contribution in [0, 0.1) is 13.8 Å². The first-order valence-electron chi connectivity index (χ1n) is 9.27. The molecule has 0 atom stereocenters. The molecule has 10 nitrogen and oxygen atoms in total. The van der Waals surface area contributed by atoms with E-state index in [0.29, 0.717) is 22.1 Å². The van der Waals surface area contributed by atoms with Gasteiger partial charge in [0.05, 0.1) is 28.6 Å². The van der Waals surface area contributed by atoms with Gasteiger partial charge in [-0.2, -0.15) is 13.5 Å². The van der Waals surface area contributed by atoms with Crippen LogP contribution in [0.15, 0.2) is 57.6 Å². The topological polar surface area (TPSA) is 169 Å². The van der Waals surface area contributed by atoms with Crippen LogP contribution in [0.1, 0.15) is 11.1 Å². The summed E-state index contributed by atoms with van der Waals surface area (Å²) in [4.78, 5) is -0.122. The Morgan fingerprint density at radius 2 is 1.72 bits per heavy atom. The van der Waals surface area contributed by atoms with Gasteiger partial charge in [0.15, 0.2) is 9.84 Å². The third-order valence-electron chi connectivity index (χ3n) is 4.84. The van der Waals surface area contributed by atoms with Crippen LogP contribution in [-0.4, -0.2) is 38.9 Å². The summed E-state index contributed by atoms with van der Waals surface area (Å²) in [5.74, 6) is -0.543. The Bertz CT molecular complexity index is 1430. The fraction of sp³-hybridized carbons (Fsp3) is 0.200. The molecular weight excluding hydrogens is 458 g/mol. The fourth-order valence-electron chi connectivity index (χ4n) is 3.02. The molecule has 170 valence electrons. The van der Waals surface area contributed by atoms with E-state index in [1.807, 2.05) is 13.0 Å². The van der Waals surface area contributed by atoms with E-state index in [2.05, 4.69) is 14.4 Å². The molecule has 0 spiro atoms. The number of phenols is 1. The zero-order chi connectivity index (χ0) is 23.7. The van der Waals surface area contributed by atoms with E-state index in [4.69, 9.17) is 10.3 Å². The van der Waals surface area contributed by atoms with Crippen molar-refractivity contribution >= 4 is 48.1 Å². The molecule has 3 aromatic carbocycles. The number of hydrogen-bond donors (Lipinski definition) is 3. The summed E-state index contributed by atoms with van der Waals surface area (Å²) in [6, 6.07) is 10.7. The van der Waals surface area contributed by atoms with Gasteiger partial charge in [0, 0.05) is 10.8 Å². The first kappa shape index (κ1) is 23.6. The molecule has 0 amide bonds. The van der Waals surface area contributed by atoms with E-state index in [1.165, 1.54) is 24.3 Å². The van der Waals surface area contributed by atoms with Gasteiger partial charge < -0.3 is 10.8 Å². The monoisotopic (exact) mass is 479 g/mol. The Morgan fingerprint density at radius 1 is 1.00 bits per heavy atom. The molecular formula is C20H21N3O7S2. The maximum atomic E-state index is 12.4. The summed E-state index contributed by atoms with van der Waals surface area (Å²) >= 11 is 0. The molecule has 0 aliphatic carbocycles. The Kier molecular flexibility index (Phi) is 6.51. The lowest BCUT2D eigenvalue weighted by Gasteiger charge is -2.11. The van der Waals surface area contributed by atoms with Crippen LogP contribution in [0.4, 0.5) is 17.1 Å². The molecule has 0 aromatic heterocycles. The predicted octanol–water partition coefficient (Wildman–Crippen LogP) is 3.75. The van der Waals surface area contributed by atoms with Gasteiger partial charge in [-0.25, -0.2) is 12.6 Å². The Hall–Kier alpha value is -3.06. The quantitative estimate of drug-likeness (QED) is 0.261. The number of sulfone groups is 1. The van der Waals surface area contributed by atoms with E-state index >= 15 is 0 Å². The van der Waals surface area contributed by atoms with Crippen molar-refractivity contribution < 1.29 is 30.7 Å². The largest absolute Gasteiger partial charge is 0.507 e. The smallest absolute Gasteiger partial charge is 0.397 e. The SMILES string of the molecule is Cc1cc2c(N=Nc3cccc(S(=O)(=O)CCOS(=O)(=O)O)c3)c(N)ccc2c(O)c1C. The van der Waals surface area contributed by atoms with Gasteiger partial charge in [-0.1, -0.05) is 6.07 Å². The van der Waals surface area contributed by atoms with E-state index < -0.39 is 32.6 Å². The molecule has 3 aromatic rings. The summed E-state index contributed by atoms with van der Waals surface area (Å²) in [6.45, 7) is 2.91. The number of hydrogen-bond acceptors (Lipinski definition) is 9. The lowest BCUT2D eigenvalue weighted by atomic mass is 9.99. The molecule has 0 bridgehead atoms. The summed E-state index contributed by atoms with van der Waals surface area (Å²) < 4.78 is 58.6. The van der Waals surface area contributed by atoms with Gasteiger partial charge in [-0.15, -0.1) is 5.11 Å². The van der Waals surface area contributed by atoms with E-state index in [-0.39, 0.29) is 16.3 Å². The molecule has 0 saturated heterocycles. The number of nitrogens with two attached hydrogens (primary N) is 1. The normalized spacial score (nSPS) is 12.6. The number of nitrogen functional groups attached to an aromatic ring is 1. The number of azo groups is 1. The predicted molar refractivity (Wildman–Crippen MR) is 120 cm³/mol. The third-order valence-corrected chi connectivity index (χ3v) is 6.98. The number of aryl methyl sites for hydroxylation is 1. The second-order valence-electron chi connectivity index (χ2n) is 7.03. The second kappa shape index (κ2) is 8.82. The second-order valence-corrected chi connectivity index (χ2v) is 10.2. The van der Waals surface area contributed by atoms with Gasteiger partial charge in [-0.05, 0) is 61.4 Å². The minimum atomic E-state index is -4.73. The molecule has 0 radical (unpaired) electrons. The maximum absolute atomic E-state index is 12.4. The Morgan fingerprint density at radius 3 is 2.41 bits per heavy atom. The van der Waals surface area contributed by atoms with Crippen LogP contribution in [0.5, 0.6) is 5.75 Å². The zero-order valence-electron chi connectivity index (χ0n) is 17.2. The van der Waals surface area contributed by atoms with Crippen LogP contribution in [-0.2, 0) is 24.4 Å². The number of nitrogens with zero attached hydrogens (tertiary/aromatic N) is 2. The van der Waals surface area contributed by atoms with Crippen molar-refractivity contribution in [2.24, 2.45) is 10.2 Å². The van der Waals surface area contributed by atoms with Gasteiger partial charge >= 0.3 is 10.4 Å². The molecule has 32 heavy (non-hydrogen) atoms. The van der Waals surface area contributed by atoms with Crippen molar-refractivity contribution in [3.63, 3.8) is 0 Å². The van der Waals surface area contributed by atoms with Crippen LogP contribution in [0.2, 0.25) is 0 Å². The van der Waals surface area contributed by atoms with Crippen molar-refractivity contribution in [1.82, 2.24) is 0 Å². The molecule has 0 saturated carbocycles. The van der Waals surface area contributed by atoms with E-state index in [9.17, 15) is 21.9 Å². The number of phenolic OH excluding ortho intramolecular Hbond substituents is 1. The fourth-order valence-corrected chi connectivity index (χ4v) is 4.54. The van der Waals surface area contributed by atoms with Crippen molar-refractivity contribution in [2.75, 3.05) is 18.1 Å². The number of fused-ring (bicyclic) bond motifs is 1. The Balaban J connectivity index is 1.95. The highest BCUT2D eigenvalue weighted by molar-refractivity contribution is 7.91. The van der Waals surface area contributed by atoms with Gasteiger partial charge in [0.1, 0.15) is 11.4 Å². The van der Waals surface area contributed by atoms with Crippen molar-refractivity contribution in [3.05, 3.63) is 53.6 Å². The molecule has 0 aliphatic heterocycles. The minimum Gasteiger partial charge on any atom is -0.507 e. The summed E-state index contributed by atoms with van der Waals surface area (Å²) in [5.41, 5.74) is 8.52. The molecule has 3 rings (SSSR count). The van der Waals surface area contributed by atoms with Gasteiger partial charge in [0.2, 0.25) is 0 Å². The third kappa shape index (κ3) is 5.22. The van der Waals surface area contributed by atoms with Gasteiger partial charge in [0.25, 0.3) is 0 Å². The van der Waals surface area contributed by atoms with E-state index in [0.717, 1.165) is 11.1 Å². The van der Waals surface area contributed by atoms with E-state index in [1.54, 1.807) is 19.1 Å². The molecule has 12 heteroatoms. The molecule has 4 N–H and O–H groups in total. The summed E-state index contributed by atoms with van der Waals surface area (Å²) in [7, 11) is -8.64. The number of rotatable bonds is 7. The average molecular weight is 480 g/mol. The first-order chi connectivity index (χ1) is 14.9. The number of anilines is 1. The highest BCUT2D eigenvalue weighted by Gasteiger charge is 2.17. The lowest BCUT2D eigenvalue weighted by Crippen LogP contribution is -2.15. The number of benzene rings is 3. The molecule has 0 aliphatic rings. The van der Waals surface area contributed by atoms with Crippen molar-refractivity contribution in [2.45, 2.75) is 18.7 Å². The highest BCUT2D eigenvalue weighted by atomic mass is 32.3. The molecule has 0 heterocycles. The van der Waals surface area contributed by atoms with Crippen LogP contribution in [0.25, 0.3) is 10.8 Å². The summed E-state index contributed by atoms with van der Waals surface area (Å²) in [5, 5.41) is 19.9. The average Bonchev–Trinajstić information content (AvgIpc) is 2.70.